The van der Waals surface area contributed by atoms with Gasteiger partial charge in [-0.3, -0.25) is 4.79 Å². The molecule has 2 nitrogen and oxygen atoms in total. The molecule has 1 fully saturated rings. The Morgan fingerprint density at radius 2 is 2.11 bits per heavy atom. The molecule has 2 atom stereocenters. The van der Waals surface area contributed by atoms with Crippen LogP contribution in [0.5, 0.6) is 0 Å². The van der Waals surface area contributed by atoms with E-state index in [2.05, 4.69) is 5.32 Å². The van der Waals surface area contributed by atoms with E-state index in [1.54, 1.807) is 24.3 Å². The van der Waals surface area contributed by atoms with Gasteiger partial charge in [-0.1, -0.05) is 30.5 Å². The zero-order valence-electron chi connectivity index (χ0n) is 10.2. The number of hydrogen-bond donors (Lipinski definition) is 1. The van der Waals surface area contributed by atoms with Crippen molar-refractivity contribution in [1.29, 1.82) is 0 Å². The van der Waals surface area contributed by atoms with Gasteiger partial charge in [-0.2, -0.15) is 0 Å². The van der Waals surface area contributed by atoms with Crippen molar-refractivity contribution in [3.8, 4) is 0 Å². The molecule has 2 unspecified atom stereocenters. The van der Waals surface area contributed by atoms with Crippen LogP contribution >= 0.6 is 23.2 Å². The normalized spacial score (nSPS) is 23.7. The van der Waals surface area contributed by atoms with Gasteiger partial charge in [-0.15, -0.1) is 11.6 Å². The van der Waals surface area contributed by atoms with Gasteiger partial charge in [0, 0.05) is 22.5 Å². The first-order chi connectivity index (χ1) is 8.66. The zero-order valence-corrected chi connectivity index (χ0v) is 11.7. The molecule has 4 heteroatoms. The molecule has 1 saturated carbocycles. The van der Waals surface area contributed by atoms with Crippen LogP contribution in [-0.4, -0.2) is 17.8 Å². The van der Waals surface area contributed by atoms with E-state index in [9.17, 15) is 4.79 Å². The quantitative estimate of drug-likeness (QED) is 0.840. The van der Waals surface area contributed by atoms with E-state index in [0.717, 1.165) is 12.8 Å². The van der Waals surface area contributed by atoms with Gasteiger partial charge in [0.1, 0.15) is 0 Å². The third-order valence-electron chi connectivity index (χ3n) is 3.43. The number of hydrogen-bond acceptors (Lipinski definition) is 1. The van der Waals surface area contributed by atoms with Gasteiger partial charge in [-0.05, 0) is 37.0 Å². The number of nitrogens with one attached hydrogen (secondary N) is 1. The number of carbonyl (C=O) groups excluding carboxylic acids is 1. The van der Waals surface area contributed by atoms with Crippen molar-refractivity contribution in [3.63, 3.8) is 0 Å². The number of rotatable bonds is 3. The van der Waals surface area contributed by atoms with E-state index in [0.29, 0.717) is 23.0 Å². The third kappa shape index (κ3) is 3.63. The fourth-order valence-corrected chi connectivity index (χ4v) is 2.91. The molecule has 1 N–H and O–H groups in total. The lowest BCUT2D eigenvalue weighted by Crippen LogP contribution is -2.34. The van der Waals surface area contributed by atoms with E-state index in [-0.39, 0.29) is 11.3 Å². The predicted molar refractivity (Wildman–Crippen MR) is 75.4 cm³/mol. The summed E-state index contributed by atoms with van der Waals surface area (Å²) in [5, 5.41) is 3.72. The lowest BCUT2D eigenvalue weighted by molar-refractivity contribution is 0.0944. The Kier molecular flexibility index (Phi) is 4.90. The Morgan fingerprint density at radius 3 is 2.83 bits per heavy atom. The van der Waals surface area contributed by atoms with E-state index in [1.165, 1.54) is 12.8 Å². The molecule has 0 saturated heterocycles. The molecule has 0 bridgehead atoms. The topological polar surface area (TPSA) is 29.1 Å². The first-order valence-corrected chi connectivity index (χ1v) is 7.16. The summed E-state index contributed by atoms with van der Waals surface area (Å²) >= 11 is 12.1. The van der Waals surface area contributed by atoms with Crippen LogP contribution in [-0.2, 0) is 0 Å². The number of amides is 1. The molecule has 0 aromatic heterocycles. The molecule has 1 aromatic carbocycles. The number of benzene rings is 1. The smallest absolute Gasteiger partial charge is 0.251 e. The summed E-state index contributed by atoms with van der Waals surface area (Å²) in [6.07, 6.45) is 4.57. The van der Waals surface area contributed by atoms with Crippen molar-refractivity contribution in [2.45, 2.75) is 31.1 Å². The maximum atomic E-state index is 11.9. The van der Waals surface area contributed by atoms with Gasteiger partial charge in [0.15, 0.2) is 0 Å². The molecule has 98 valence electrons. The molecule has 2 rings (SSSR count). The van der Waals surface area contributed by atoms with Gasteiger partial charge in [-0.25, -0.2) is 0 Å². The highest BCUT2D eigenvalue weighted by molar-refractivity contribution is 6.30. The Bertz CT molecular complexity index is 422. The molecule has 0 radical (unpaired) electrons. The second-order valence-corrected chi connectivity index (χ2v) is 5.78. The Morgan fingerprint density at radius 1 is 1.33 bits per heavy atom. The molecule has 1 aromatic rings. The van der Waals surface area contributed by atoms with E-state index >= 15 is 0 Å². The summed E-state index contributed by atoms with van der Waals surface area (Å²) in [6.45, 7) is 0.652. The highest BCUT2D eigenvalue weighted by Gasteiger charge is 2.23. The van der Waals surface area contributed by atoms with Crippen molar-refractivity contribution in [1.82, 2.24) is 5.32 Å². The largest absolute Gasteiger partial charge is 0.352 e. The Hall–Kier alpha value is -0.730. The van der Waals surface area contributed by atoms with Crippen LogP contribution in [0, 0.1) is 5.92 Å². The maximum absolute atomic E-state index is 11.9. The maximum Gasteiger partial charge on any atom is 0.251 e. The van der Waals surface area contributed by atoms with Crippen molar-refractivity contribution >= 4 is 29.1 Å². The SMILES string of the molecule is O=C(NCC1CCCCC1Cl)c1cccc(Cl)c1. The molecule has 1 amide bonds. The van der Waals surface area contributed by atoms with Crippen LogP contribution in [0.1, 0.15) is 36.0 Å². The first kappa shape index (κ1) is 13.7. The second kappa shape index (κ2) is 6.44. The number of alkyl halides is 1. The summed E-state index contributed by atoms with van der Waals surface area (Å²) in [5.74, 6) is 0.315. The minimum Gasteiger partial charge on any atom is -0.352 e. The monoisotopic (exact) mass is 285 g/mol. The van der Waals surface area contributed by atoms with E-state index < -0.39 is 0 Å². The van der Waals surface area contributed by atoms with Gasteiger partial charge in [0.2, 0.25) is 0 Å². The third-order valence-corrected chi connectivity index (χ3v) is 4.24. The summed E-state index contributed by atoms with van der Waals surface area (Å²) in [5.41, 5.74) is 0.601. The standard InChI is InChI=1S/C14H17Cl2NO/c15-12-6-3-5-10(8-12)14(18)17-9-11-4-1-2-7-13(11)16/h3,5-6,8,11,13H,1-2,4,7,9H2,(H,17,18). The molecule has 18 heavy (non-hydrogen) atoms. The average Bonchev–Trinajstić information content (AvgIpc) is 2.37. The lowest BCUT2D eigenvalue weighted by atomic mass is 9.88. The zero-order chi connectivity index (χ0) is 13.0. The van der Waals surface area contributed by atoms with Crippen LogP contribution in [0.4, 0.5) is 0 Å². The van der Waals surface area contributed by atoms with Gasteiger partial charge < -0.3 is 5.32 Å². The number of carbonyl (C=O) groups is 1. The van der Waals surface area contributed by atoms with E-state index in [1.807, 2.05) is 0 Å². The van der Waals surface area contributed by atoms with Crippen molar-refractivity contribution in [3.05, 3.63) is 34.9 Å². The highest BCUT2D eigenvalue weighted by Crippen LogP contribution is 2.28. The summed E-state index contributed by atoms with van der Waals surface area (Å²) in [6, 6.07) is 6.98. The Balaban J connectivity index is 1.88. The Labute approximate surface area is 118 Å². The van der Waals surface area contributed by atoms with E-state index in [4.69, 9.17) is 23.2 Å². The first-order valence-electron chi connectivity index (χ1n) is 6.34. The van der Waals surface area contributed by atoms with Crippen LogP contribution in [0.2, 0.25) is 5.02 Å². The minimum atomic E-state index is -0.0769. The predicted octanol–water partition coefficient (Wildman–Crippen LogP) is 3.87. The fraction of sp³-hybridized carbons (Fsp3) is 0.500. The molecular weight excluding hydrogens is 269 g/mol. The van der Waals surface area contributed by atoms with Gasteiger partial charge in [0.05, 0.1) is 0 Å². The summed E-state index contributed by atoms with van der Waals surface area (Å²) in [7, 11) is 0. The fourth-order valence-electron chi connectivity index (χ4n) is 2.35. The van der Waals surface area contributed by atoms with Gasteiger partial charge >= 0.3 is 0 Å². The summed E-state index contributed by atoms with van der Waals surface area (Å²) < 4.78 is 0. The average molecular weight is 286 g/mol. The lowest BCUT2D eigenvalue weighted by Gasteiger charge is -2.27. The molecule has 1 aliphatic rings. The molecular formula is C14H17Cl2NO. The molecule has 0 spiro atoms. The van der Waals surface area contributed by atoms with Crippen LogP contribution in [0.25, 0.3) is 0 Å². The second-order valence-electron chi connectivity index (χ2n) is 4.78. The van der Waals surface area contributed by atoms with Gasteiger partial charge in [0.25, 0.3) is 5.91 Å². The molecule has 0 aliphatic heterocycles. The van der Waals surface area contributed by atoms with Crippen LogP contribution < -0.4 is 5.32 Å². The van der Waals surface area contributed by atoms with Crippen molar-refractivity contribution in [2.75, 3.05) is 6.54 Å². The van der Waals surface area contributed by atoms with Crippen LogP contribution in [0.3, 0.4) is 0 Å². The molecule has 0 heterocycles. The summed E-state index contributed by atoms with van der Waals surface area (Å²) in [4.78, 5) is 11.9. The van der Waals surface area contributed by atoms with Crippen molar-refractivity contribution in [2.24, 2.45) is 5.92 Å². The highest BCUT2D eigenvalue weighted by atomic mass is 35.5. The molecule has 1 aliphatic carbocycles. The van der Waals surface area contributed by atoms with Crippen LogP contribution in [0.15, 0.2) is 24.3 Å². The van der Waals surface area contributed by atoms with Crippen molar-refractivity contribution < 1.29 is 4.79 Å². The number of halogens is 2. The minimum absolute atomic E-state index is 0.0769.